The molecule has 3 rings (SSSR count). The number of nitroso groups, excluding NO2 is 1. The molecule has 0 atom stereocenters. The van der Waals surface area contributed by atoms with Crippen LogP contribution in [0.1, 0.15) is 16.7 Å². The van der Waals surface area contributed by atoms with Crippen molar-refractivity contribution in [1.82, 2.24) is 0 Å². The lowest BCUT2D eigenvalue weighted by atomic mass is 9.96. The predicted molar refractivity (Wildman–Crippen MR) is 98.5 cm³/mol. The number of nitrogens with zero attached hydrogens (tertiary/aromatic N) is 1. The van der Waals surface area contributed by atoms with Crippen LogP contribution in [-0.4, -0.2) is 11.7 Å². The summed E-state index contributed by atoms with van der Waals surface area (Å²) in [6, 6.07) is 7.70. The molecule has 0 amide bonds. The summed E-state index contributed by atoms with van der Waals surface area (Å²) >= 11 is 0. The van der Waals surface area contributed by atoms with Crippen molar-refractivity contribution in [3.63, 3.8) is 0 Å². The highest BCUT2D eigenvalue weighted by molar-refractivity contribution is 5.91. The van der Waals surface area contributed by atoms with E-state index in [0.717, 1.165) is 12.3 Å². The third-order valence-corrected chi connectivity index (χ3v) is 4.22. The molecule has 0 saturated carbocycles. The van der Waals surface area contributed by atoms with E-state index in [-0.39, 0.29) is 40.8 Å². The highest BCUT2D eigenvalue weighted by Crippen LogP contribution is 2.36. The van der Waals surface area contributed by atoms with E-state index in [4.69, 9.17) is 9.52 Å². The van der Waals surface area contributed by atoms with E-state index in [2.05, 4.69) is 5.18 Å². The first-order valence-corrected chi connectivity index (χ1v) is 8.19. The molecular formula is C20H14F3NO4. The van der Waals surface area contributed by atoms with Crippen LogP contribution in [0, 0.1) is 4.91 Å². The van der Waals surface area contributed by atoms with Crippen LogP contribution in [-0.2, 0) is 12.7 Å². The number of hydrogen-bond acceptors (Lipinski definition) is 5. The zero-order valence-electron chi connectivity index (χ0n) is 14.4. The molecular weight excluding hydrogens is 375 g/mol. The summed E-state index contributed by atoms with van der Waals surface area (Å²) in [5, 5.41) is 11.9. The molecule has 144 valence electrons. The molecule has 0 aliphatic carbocycles. The molecule has 0 saturated heterocycles. The second kappa shape index (κ2) is 7.77. The maximum atomic E-state index is 13.4. The van der Waals surface area contributed by atoms with Crippen LogP contribution < -0.4 is 5.43 Å². The van der Waals surface area contributed by atoms with Crippen molar-refractivity contribution in [2.24, 2.45) is 5.18 Å². The van der Waals surface area contributed by atoms with Gasteiger partial charge in [0.1, 0.15) is 18.4 Å². The molecule has 3 aromatic rings. The molecule has 1 heterocycles. The Kier molecular flexibility index (Phi) is 5.41. The van der Waals surface area contributed by atoms with Crippen LogP contribution in [0.2, 0.25) is 0 Å². The van der Waals surface area contributed by atoms with Crippen molar-refractivity contribution >= 4 is 17.0 Å². The normalized spacial score (nSPS) is 12.0. The molecule has 2 aromatic carbocycles. The van der Waals surface area contributed by atoms with Gasteiger partial charge in [0.15, 0.2) is 0 Å². The first kappa shape index (κ1) is 19.5. The maximum Gasteiger partial charge on any atom is 0.417 e. The fraction of sp³-hybridized carbons (Fsp3) is 0.150. The largest absolute Gasteiger partial charge is 0.463 e. The Labute approximate surface area is 156 Å². The van der Waals surface area contributed by atoms with Crippen molar-refractivity contribution < 1.29 is 22.7 Å². The van der Waals surface area contributed by atoms with E-state index in [1.54, 1.807) is 0 Å². The number of fused-ring (bicyclic) bond motifs is 1. The Morgan fingerprint density at radius 1 is 1.11 bits per heavy atom. The van der Waals surface area contributed by atoms with Crippen molar-refractivity contribution in [2.45, 2.75) is 12.7 Å². The van der Waals surface area contributed by atoms with Gasteiger partial charge < -0.3 is 9.52 Å². The number of aliphatic hydroxyl groups excluding tert-OH is 1. The molecule has 28 heavy (non-hydrogen) atoms. The van der Waals surface area contributed by atoms with E-state index in [1.165, 1.54) is 42.5 Å². The number of halogens is 3. The number of benzene rings is 2. The SMILES string of the molecule is O=NCc1ccc2occ(-c3ccccc3C(F)(F)F)c(=O)c2c1/C=C\CO. The highest BCUT2D eigenvalue weighted by Gasteiger charge is 2.34. The van der Waals surface area contributed by atoms with Gasteiger partial charge in [-0.15, -0.1) is 0 Å². The van der Waals surface area contributed by atoms with Gasteiger partial charge in [-0.05, 0) is 23.3 Å². The molecule has 0 unspecified atom stereocenters. The Morgan fingerprint density at radius 3 is 2.54 bits per heavy atom. The van der Waals surface area contributed by atoms with Gasteiger partial charge in [0, 0.05) is 5.56 Å². The third kappa shape index (κ3) is 3.59. The first-order valence-electron chi connectivity index (χ1n) is 8.19. The Bertz CT molecular complexity index is 1120. The van der Waals surface area contributed by atoms with Crippen LogP contribution in [0.5, 0.6) is 0 Å². The molecule has 0 spiro atoms. The van der Waals surface area contributed by atoms with Gasteiger partial charge in [0.2, 0.25) is 5.43 Å². The first-order chi connectivity index (χ1) is 13.4. The van der Waals surface area contributed by atoms with Crippen molar-refractivity contribution in [1.29, 1.82) is 0 Å². The van der Waals surface area contributed by atoms with E-state index in [0.29, 0.717) is 5.56 Å². The summed E-state index contributed by atoms with van der Waals surface area (Å²) in [5.74, 6) is 0. The van der Waals surface area contributed by atoms with Crippen LogP contribution in [0.25, 0.3) is 28.2 Å². The zero-order valence-corrected chi connectivity index (χ0v) is 14.4. The topological polar surface area (TPSA) is 79.9 Å². The molecule has 5 nitrogen and oxygen atoms in total. The Morgan fingerprint density at radius 2 is 1.86 bits per heavy atom. The van der Waals surface area contributed by atoms with Gasteiger partial charge in [-0.1, -0.05) is 41.6 Å². The van der Waals surface area contributed by atoms with Gasteiger partial charge in [-0.3, -0.25) is 4.79 Å². The third-order valence-electron chi connectivity index (χ3n) is 4.22. The minimum atomic E-state index is -4.65. The highest BCUT2D eigenvalue weighted by atomic mass is 19.4. The van der Waals surface area contributed by atoms with Crippen LogP contribution in [0.3, 0.4) is 0 Å². The summed E-state index contributed by atoms with van der Waals surface area (Å²) in [4.78, 5) is 23.8. The molecule has 0 fully saturated rings. The summed E-state index contributed by atoms with van der Waals surface area (Å²) in [6.07, 6.45) is -0.897. The number of aliphatic hydroxyl groups is 1. The zero-order chi connectivity index (χ0) is 20.3. The Hall–Kier alpha value is -3.26. The molecule has 1 N–H and O–H groups in total. The number of hydrogen-bond donors (Lipinski definition) is 1. The van der Waals surface area contributed by atoms with Crippen LogP contribution in [0.15, 0.2) is 63.1 Å². The molecule has 0 aliphatic rings. The van der Waals surface area contributed by atoms with Crippen LogP contribution >= 0.6 is 0 Å². The van der Waals surface area contributed by atoms with Crippen molar-refractivity contribution in [3.8, 4) is 11.1 Å². The fourth-order valence-electron chi connectivity index (χ4n) is 3.01. The molecule has 0 aliphatic heterocycles. The maximum absolute atomic E-state index is 13.4. The lowest BCUT2D eigenvalue weighted by Gasteiger charge is -2.13. The van der Waals surface area contributed by atoms with Crippen molar-refractivity contribution in [3.05, 3.63) is 80.6 Å². The number of rotatable bonds is 5. The van der Waals surface area contributed by atoms with E-state index in [1.807, 2.05) is 0 Å². The lowest BCUT2D eigenvalue weighted by Crippen LogP contribution is -2.12. The molecule has 1 aromatic heterocycles. The van der Waals surface area contributed by atoms with Crippen LogP contribution in [0.4, 0.5) is 13.2 Å². The van der Waals surface area contributed by atoms with E-state index >= 15 is 0 Å². The Balaban J connectivity index is 2.37. The monoisotopic (exact) mass is 389 g/mol. The average Bonchev–Trinajstić information content (AvgIpc) is 2.67. The van der Waals surface area contributed by atoms with Gasteiger partial charge in [-0.25, -0.2) is 0 Å². The number of alkyl halides is 3. The van der Waals surface area contributed by atoms with E-state index in [9.17, 15) is 22.9 Å². The quantitative estimate of drug-likeness (QED) is 0.639. The minimum Gasteiger partial charge on any atom is -0.463 e. The summed E-state index contributed by atoms with van der Waals surface area (Å²) in [6.45, 7) is -0.573. The standard InChI is InChI=1S/C20H14F3NO4/c21-20(22,23)16-6-2-1-4-14(16)15-11-28-17-8-7-12(10-24-27)13(5-3-9-25)18(17)19(15)26/h1-8,11,25H,9-10H2/b5-3-. The van der Waals surface area contributed by atoms with Gasteiger partial charge in [-0.2, -0.15) is 18.1 Å². The average molecular weight is 389 g/mol. The van der Waals surface area contributed by atoms with Gasteiger partial charge in [0.05, 0.1) is 23.1 Å². The van der Waals surface area contributed by atoms with E-state index < -0.39 is 17.2 Å². The molecule has 0 radical (unpaired) electrons. The second-order valence-corrected chi connectivity index (χ2v) is 5.91. The summed E-state index contributed by atoms with van der Waals surface area (Å²) in [5.41, 5.74) is -1.39. The smallest absolute Gasteiger partial charge is 0.417 e. The summed E-state index contributed by atoms with van der Waals surface area (Å²) < 4.78 is 45.5. The lowest BCUT2D eigenvalue weighted by molar-refractivity contribution is -0.137. The fourth-order valence-corrected chi connectivity index (χ4v) is 3.01. The minimum absolute atomic E-state index is 0.0142. The molecule has 8 heteroatoms. The van der Waals surface area contributed by atoms with Gasteiger partial charge in [0.25, 0.3) is 0 Å². The predicted octanol–water partition coefficient (Wildman–Crippen LogP) is 4.75. The molecule has 0 bridgehead atoms. The second-order valence-electron chi connectivity index (χ2n) is 5.91. The van der Waals surface area contributed by atoms with Crippen molar-refractivity contribution in [2.75, 3.05) is 6.61 Å². The summed E-state index contributed by atoms with van der Waals surface area (Å²) in [7, 11) is 0. The van der Waals surface area contributed by atoms with Gasteiger partial charge >= 0.3 is 6.18 Å².